The Morgan fingerprint density at radius 1 is 1.24 bits per heavy atom. The van der Waals surface area contributed by atoms with Crippen LogP contribution < -0.4 is 16.6 Å². The molecular formula is C14H15ClFN3O2. The summed E-state index contributed by atoms with van der Waals surface area (Å²) < 4.78 is 15.5. The highest BCUT2D eigenvalue weighted by Gasteiger charge is 2.06. The zero-order valence-corrected chi connectivity index (χ0v) is 12.4. The quantitative estimate of drug-likeness (QED) is 0.922. The predicted octanol–water partition coefficient (Wildman–Crippen LogP) is 1.17. The lowest BCUT2D eigenvalue weighted by Gasteiger charge is -2.08. The SMILES string of the molecule is Cn1cc(CNCc2ccc(F)c(Cl)c2)c(=O)n(C)c1=O. The van der Waals surface area contributed by atoms with Gasteiger partial charge in [-0.2, -0.15) is 0 Å². The molecule has 1 aromatic carbocycles. The van der Waals surface area contributed by atoms with Gasteiger partial charge < -0.3 is 9.88 Å². The molecule has 0 amide bonds. The minimum atomic E-state index is -0.465. The average molecular weight is 312 g/mol. The Morgan fingerprint density at radius 2 is 1.95 bits per heavy atom. The van der Waals surface area contributed by atoms with E-state index in [1.54, 1.807) is 13.1 Å². The number of nitrogens with zero attached hydrogens (tertiary/aromatic N) is 2. The van der Waals surface area contributed by atoms with Gasteiger partial charge in [-0.3, -0.25) is 9.36 Å². The van der Waals surface area contributed by atoms with Crippen molar-refractivity contribution in [2.75, 3.05) is 0 Å². The van der Waals surface area contributed by atoms with Crippen molar-refractivity contribution in [3.63, 3.8) is 0 Å². The summed E-state index contributed by atoms with van der Waals surface area (Å²) in [5.74, 6) is -0.465. The van der Waals surface area contributed by atoms with E-state index in [-0.39, 0.29) is 16.3 Å². The van der Waals surface area contributed by atoms with Crippen molar-refractivity contribution in [1.82, 2.24) is 14.5 Å². The second-order valence-electron chi connectivity index (χ2n) is 4.76. The largest absolute Gasteiger partial charge is 0.330 e. The van der Waals surface area contributed by atoms with Crippen LogP contribution in [0.15, 0.2) is 34.0 Å². The molecule has 7 heteroatoms. The third kappa shape index (κ3) is 3.40. The van der Waals surface area contributed by atoms with E-state index in [2.05, 4.69) is 5.32 Å². The predicted molar refractivity (Wildman–Crippen MR) is 78.9 cm³/mol. The Kier molecular flexibility index (Phi) is 4.59. The molecule has 2 aromatic rings. The topological polar surface area (TPSA) is 56.0 Å². The molecule has 1 N–H and O–H groups in total. The normalized spacial score (nSPS) is 10.9. The Hall–Kier alpha value is -1.92. The van der Waals surface area contributed by atoms with Crippen LogP contribution in [0.1, 0.15) is 11.1 Å². The van der Waals surface area contributed by atoms with Gasteiger partial charge in [0.1, 0.15) is 5.82 Å². The van der Waals surface area contributed by atoms with Crippen LogP contribution in [0.3, 0.4) is 0 Å². The van der Waals surface area contributed by atoms with Gasteiger partial charge in [-0.25, -0.2) is 9.18 Å². The van der Waals surface area contributed by atoms with E-state index in [9.17, 15) is 14.0 Å². The first kappa shape index (κ1) is 15.5. The van der Waals surface area contributed by atoms with E-state index in [1.165, 1.54) is 29.9 Å². The van der Waals surface area contributed by atoms with Gasteiger partial charge in [-0.05, 0) is 17.7 Å². The zero-order chi connectivity index (χ0) is 15.6. The molecule has 1 heterocycles. The molecule has 112 valence electrons. The molecule has 5 nitrogen and oxygen atoms in total. The second-order valence-corrected chi connectivity index (χ2v) is 5.17. The van der Waals surface area contributed by atoms with Gasteiger partial charge in [0.25, 0.3) is 5.56 Å². The van der Waals surface area contributed by atoms with Crippen molar-refractivity contribution in [3.8, 4) is 0 Å². The van der Waals surface area contributed by atoms with Crippen molar-refractivity contribution in [2.45, 2.75) is 13.1 Å². The first-order chi connectivity index (χ1) is 9.90. The van der Waals surface area contributed by atoms with Crippen molar-refractivity contribution in [3.05, 3.63) is 67.2 Å². The van der Waals surface area contributed by atoms with Gasteiger partial charge in [0, 0.05) is 38.9 Å². The Balaban J connectivity index is 2.09. The van der Waals surface area contributed by atoms with Gasteiger partial charge in [0.2, 0.25) is 0 Å². The van der Waals surface area contributed by atoms with E-state index in [4.69, 9.17) is 11.6 Å². The molecular weight excluding hydrogens is 297 g/mol. The van der Waals surface area contributed by atoms with Crippen LogP contribution in [-0.2, 0) is 27.2 Å². The molecule has 2 rings (SSSR count). The number of halogens is 2. The van der Waals surface area contributed by atoms with Gasteiger partial charge in [-0.1, -0.05) is 17.7 Å². The van der Waals surface area contributed by atoms with Gasteiger partial charge in [-0.15, -0.1) is 0 Å². The maximum atomic E-state index is 13.0. The summed E-state index contributed by atoms with van der Waals surface area (Å²) in [4.78, 5) is 23.5. The lowest BCUT2D eigenvalue weighted by Crippen LogP contribution is -2.39. The van der Waals surface area contributed by atoms with Gasteiger partial charge >= 0.3 is 5.69 Å². The van der Waals surface area contributed by atoms with E-state index >= 15 is 0 Å². The van der Waals surface area contributed by atoms with Crippen molar-refractivity contribution in [2.24, 2.45) is 14.1 Å². The highest BCUT2D eigenvalue weighted by Crippen LogP contribution is 2.15. The fraction of sp³-hybridized carbons (Fsp3) is 0.286. The monoisotopic (exact) mass is 311 g/mol. The second kappa shape index (κ2) is 6.24. The Bertz CT molecular complexity index is 783. The summed E-state index contributed by atoms with van der Waals surface area (Å²) in [6, 6.07) is 4.44. The highest BCUT2D eigenvalue weighted by atomic mass is 35.5. The van der Waals surface area contributed by atoms with Gasteiger partial charge in [0.05, 0.1) is 5.02 Å². The zero-order valence-electron chi connectivity index (χ0n) is 11.7. The summed E-state index contributed by atoms with van der Waals surface area (Å²) >= 11 is 5.70. The van der Waals surface area contributed by atoms with Crippen LogP contribution in [0.2, 0.25) is 5.02 Å². The summed E-state index contributed by atoms with van der Waals surface area (Å²) in [5.41, 5.74) is 0.590. The molecule has 0 aliphatic heterocycles. The molecule has 0 aliphatic rings. The number of rotatable bonds is 4. The van der Waals surface area contributed by atoms with Crippen LogP contribution in [0.4, 0.5) is 4.39 Å². The Labute approximate surface area is 125 Å². The van der Waals surface area contributed by atoms with Crippen molar-refractivity contribution < 1.29 is 4.39 Å². The lowest BCUT2D eigenvalue weighted by molar-refractivity contribution is 0.620. The number of hydrogen-bond acceptors (Lipinski definition) is 3. The third-order valence-corrected chi connectivity index (χ3v) is 3.44. The van der Waals surface area contributed by atoms with Crippen LogP contribution in [-0.4, -0.2) is 9.13 Å². The maximum absolute atomic E-state index is 13.0. The summed E-state index contributed by atoms with van der Waals surface area (Å²) in [5, 5.41) is 3.13. The molecule has 0 aliphatic carbocycles. The van der Waals surface area contributed by atoms with Gasteiger partial charge in [0.15, 0.2) is 0 Å². The smallest absolute Gasteiger partial charge is 0.308 e. The Morgan fingerprint density at radius 3 is 2.62 bits per heavy atom. The summed E-state index contributed by atoms with van der Waals surface area (Å²) in [6.07, 6.45) is 1.51. The molecule has 0 unspecified atom stereocenters. The molecule has 1 aromatic heterocycles. The molecule has 0 radical (unpaired) electrons. The van der Waals surface area contributed by atoms with Crippen molar-refractivity contribution >= 4 is 11.6 Å². The first-order valence-electron chi connectivity index (χ1n) is 6.30. The molecule has 0 fully saturated rings. The molecule has 0 bridgehead atoms. The van der Waals surface area contributed by atoms with Crippen molar-refractivity contribution in [1.29, 1.82) is 0 Å². The molecule has 0 spiro atoms. The van der Waals surface area contributed by atoms with Crippen LogP contribution in [0.5, 0.6) is 0 Å². The standard InChI is InChI=1S/C14H15ClFN3O2/c1-18-8-10(13(20)19(2)14(18)21)7-17-6-9-3-4-12(16)11(15)5-9/h3-5,8,17H,6-7H2,1-2H3. The van der Waals surface area contributed by atoms with E-state index in [1.807, 2.05) is 0 Å². The maximum Gasteiger partial charge on any atom is 0.330 e. The van der Waals surface area contributed by atoms with Crippen LogP contribution in [0, 0.1) is 5.82 Å². The van der Waals surface area contributed by atoms with E-state index in [0.29, 0.717) is 18.7 Å². The fourth-order valence-electron chi connectivity index (χ4n) is 2.00. The number of nitrogens with one attached hydrogen (secondary N) is 1. The van der Waals surface area contributed by atoms with E-state index in [0.717, 1.165) is 10.1 Å². The number of hydrogen-bond donors (Lipinski definition) is 1. The van der Waals surface area contributed by atoms with E-state index < -0.39 is 5.82 Å². The molecule has 0 saturated carbocycles. The third-order valence-electron chi connectivity index (χ3n) is 3.15. The lowest BCUT2D eigenvalue weighted by atomic mass is 10.2. The van der Waals surface area contributed by atoms with Crippen LogP contribution >= 0.6 is 11.6 Å². The highest BCUT2D eigenvalue weighted by molar-refractivity contribution is 6.30. The number of aryl methyl sites for hydroxylation is 1. The molecule has 0 atom stereocenters. The first-order valence-corrected chi connectivity index (χ1v) is 6.68. The number of aromatic nitrogens is 2. The van der Waals surface area contributed by atoms with Crippen LogP contribution in [0.25, 0.3) is 0 Å². The summed E-state index contributed by atoms with van der Waals surface area (Å²) in [7, 11) is 3.03. The molecule has 0 saturated heterocycles. The number of benzene rings is 1. The minimum Gasteiger partial charge on any atom is -0.308 e. The molecule has 21 heavy (non-hydrogen) atoms. The fourth-order valence-corrected chi connectivity index (χ4v) is 2.20. The summed E-state index contributed by atoms with van der Waals surface area (Å²) in [6.45, 7) is 0.738. The minimum absolute atomic E-state index is 0.0623. The average Bonchev–Trinajstić information content (AvgIpc) is 2.46.